The molecule has 14 heteroatoms. The molecule has 10 rings (SSSR count). The van der Waals surface area contributed by atoms with Crippen molar-refractivity contribution in [2.45, 2.75) is 76.8 Å². The first-order valence-electron chi connectivity index (χ1n) is 22.6. The Morgan fingerprint density at radius 2 is 0.956 bits per heavy atom. The molecule has 0 bridgehead atoms. The molecule has 0 radical (unpaired) electrons. The van der Waals surface area contributed by atoms with Gasteiger partial charge < -0.3 is 9.80 Å². The fourth-order valence-corrected chi connectivity index (χ4v) is 13.9. The number of fused-ring (bicyclic) bond motifs is 2. The van der Waals surface area contributed by atoms with Crippen LogP contribution in [0.1, 0.15) is 50.2 Å². The number of hydrogen-bond donors (Lipinski definition) is 0. The van der Waals surface area contributed by atoms with Gasteiger partial charge in [0, 0.05) is 79.5 Å². The Balaban J connectivity index is 0.000000170. The molecule has 0 atom stereocenters. The zero-order valence-electron chi connectivity index (χ0n) is 38.1. The van der Waals surface area contributed by atoms with Gasteiger partial charge in [0.1, 0.15) is 41.5 Å². The van der Waals surface area contributed by atoms with Crippen LogP contribution in [-0.2, 0) is 39.3 Å². The monoisotopic (exact) mass is 1190 g/mol. The first-order chi connectivity index (χ1) is 33.2. The molecule has 0 spiro atoms. The molecule has 2 aliphatic rings. The summed E-state index contributed by atoms with van der Waals surface area (Å²) in [6, 6.07) is 46.4. The van der Waals surface area contributed by atoms with E-state index in [9.17, 15) is 9.59 Å². The molecule has 0 fully saturated rings. The molecule has 344 valence electrons. The van der Waals surface area contributed by atoms with Crippen LogP contribution >= 0.6 is 91.4 Å². The number of thioether (sulfide) groups is 2. The van der Waals surface area contributed by atoms with Gasteiger partial charge in [-0.3, -0.25) is 18.7 Å². The Morgan fingerprint density at radius 3 is 1.38 bits per heavy atom. The van der Waals surface area contributed by atoms with E-state index in [0.29, 0.717) is 13.1 Å². The fourth-order valence-electron chi connectivity index (χ4n) is 8.27. The lowest BCUT2D eigenvalue weighted by Crippen LogP contribution is -2.37. The SMILES string of the molecule is CCn1c(=O)/c(=C2\Sc3ccccc3N2Cc2ccc(I)cc2)s/c1=C\c1cccc[n+]1CC.CCn1c(=O)/c(=C2\Sc3ccccc3N2Cc2ccc([125I])cc2)s/c1=C\c1cccc[n+]1CC. The lowest BCUT2D eigenvalue weighted by Gasteiger charge is -2.20. The summed E-state index contributed by atoms with van der Waals surface area (Å²) in [5.41, 5.74) is 7.14. The lowest BCUT2D eigenvalue weighted by atomic mass is 10.2. The average molecular weight is 1200 g/mol. The molecule has 6 heterocycles. The Bertz CT molecular complexity index is 3280. The summed E-state index contributed by atoms with van der Waals surface area (Å²) in [7, 11) is 0. The molecule has 4 aromatic carbocycles. The maximum atomic E-state index is 13.6. The third-order valence-corrected chi connectivity index (χ3v) is 18.0. The number of aromatic nitrogens is 4. The number of para-hydroxylation sites is 2. The van der Waals surface area contributed by atoms with Gasteiger partial charge in [0.2, 0.25) is 11.4 Å². The van der Waals surface area contributed by atoms with Gasteiger partial charge in [0.15, 0.2) is 12.4 Å². The van der Waals surface area contributed by atoms with Crippen LogP contribution < -0.4 is 48.4 Å². The van der Waals surface area contributed by atoms with E-state index in [1.807, 2.05) is 47.2 Å². The summed E-state index contributed by atoms with van der Waals surface area (Å²) >= 11 is 11.2. The molecule has 0 unspecified atom stereocenters. The number of pyridine rings is 2. The smallest absolute Gasteiger partial charge is 0.271 e. The van der Waals surface area contributed by atoms with Crippen molar-refractivity contribution in [1.82, 2.24) is 9.13 Å². The first kappa shape index (κ1) is 48.3. The normalized spacial score (nSPS) is 15.1. The minimum absolute atomic E-state index is 0.0839. The van der Waals surface area contributed by atoms with Crippen molar-refractivity contribution < 1.29 is 9.13 Å². The highest BCUT2D eigenvalue weighted by molar-refractivity contribution is 14.1. The second-order valence-corrected chi connectivity index (χ2v) is 22.5. The number of hydrogen-bond acceptors (Lipinski definition) is 8. The van der Waals surface area contributed by atoms with E-state index in [-0.39, 0.29) is 11.1 Å². The fraction of sp³-hybridized carbons (Fsp3) is 0.185. The molecule has 2 aliphatic heterocycles. The van der Waals surface area contributed by atoms with E-state index in [1.165, 1.54) is 28.1 Å². The molecule has 0 N–H and O–H groups in total. The van der Waals surface area contributed by atoms with E-state index in [0.717, 1.165) is 77.4 Å². The van der Waals surface area contributed by atoms with Crippen molar-refractivity contribution in [1.29, 1.82) is 0 Å². The number of nitrogens with zero attached hydrogens (tertiary/aromatic N) is 6. The minimum atomic E-state index is 0.0839. The highest BCUT2D eigenvalue weighted by atomic mass is 127. The van der Waals surface area contributed by atoms with Crippen LogP contribution in [0, 0.1) is 7.14 Å². The average Bonchev–Trinajstić information content (AvgIpc) is 4.10. The van der Waals surface area contributed by atoms with Crippen LogP contribution in [0.2, 0.25) is 0 Å². The summed E-state index contributed by atoms with van der Waals surface area (Å²) in [5, 5.41) is 2.04. The van der Waals surface area contributed by atoms with Gasteiger partial charge in [-0.15, -0.1) is 22.7 Å². The third kappa shape index (κ3) is 10.3. The van der Waals surface area contributed by atoms with E-state index in [4.69, 9.17) is 0 Å². The highest BCUT2D eigenvalue weighted by Gasteiger charge is 2.29. The Labute approximate surface area is 440 Å². The summed E-state index contributed by atoms with van der Waals surface area (Å²) in [4.78, 5) is 34.2. The summed E-state index contributed by atoms with van der Waals surface area (Å²) in [6.45, 7) is 12.9. The van der Waals surface area contributed by atoms with Crippen LogP contribution in [0.15, 0.2) is 165 Å². The van der Waals surface area contributed by atoms with Crippen LogP contribution in [0.5, 0.6) is 0 Å². The largest absolute Gasteiger partial charge is 0.329 e. The molecule has 0 saturated carbocycles. The van der Waals surface area contributed by atoms with Gasteiger partial charge in [0.05, 0.1) is 11.4 Å². The molecular weight excluding hydrogens is 1140 g/mol. The van der Waals surface area contributed by atoms with Crippen molar-refractivity contribution in [3.63, 3.8) is 0 Å². The van der Waals surface area contributed by atoms with E-state index in [2.05, 4.69) is 212 Å². The zero-order valence-corrected chi connectivity index (χ0v) is 45.7. The van der Waals surface area contributed by atoms with Crippen molar-refractivity contribution in [2.75, 3.05) is 9.80 Å². The summed E-state index contributed by atoms with van der Waals surface area (Å²) < 4.78 is 14.2. The lowest BCUT2D eigenvalue weighted by molar-refractivity contribution is -0.695. The van der Waals surface area contributed by atoms with Crippen molar-refractivity contribution in [3.05, 3.63) is 215 Å². The minimum Gasteiger partial charge on any atom is -0.329 e. The number of rotatable bonds is 10. The van der Waals surface area contributed by atoms with Gasteiger partial charge in [0.25, 0.3) is 11.1 Å². The first-order valence-corrected chi connectivity index (χ1v) is 28.1. The van der Waals surface area contributed by atoms with Gasteiger partial charge in [-0.2, -0.15) is 9.13 Å². The van der Waals surface area contributed by atoms with Crippen molar-refractivity contribution in [3.8, 4) is 0 Å². The predicted octanol–water partition coefficient (Wildman–Crippen LogP) is 9.10. The van der Waals surface area contributed by atoms with E-state index in [1.54, 1.807) is 46.2 Å². The summed E-state index contributed by atoms with van der Waals surface area (Å²) in [5.74, 6) is 0. The highest BCUT2D eigenvalue weighted by Crippen LogP contribution is 2.48. The quantitative estimate of drug-likeness (QED) is 0.101. The van der Waals surface area contributed by atoms with Gasteiger partial charge >= 0.3 is 0 Å². The van der Waals surface area contributed by atoms with E-state index < -0.39 is 0 Å². The molecule has 0 aliphatic carbocycles. The van der Waals surface area contributed by atoms with Crippen LogP contribution in [-0.4, -0.2) is 9.13 Å². The van der Waals surface area contributed by atoms with Gasteiger partial charge in [-0.05, 0) is 145 Å². The predicted molar refractivity (Wildman–Crippen MR) is 301 cm³/mol. The van der Waals surface area contributed by atoms with Crippen LogP contribution in [0.25, 0.3) is 22.2 Å². The molecule has 8 aromatic rings. The van der Waals surface area contributed by atoms with E-state index >= 15 is 0 Å². The topological polar surface area (TPSA) is 58.2 Å². The molecular formula is C54H50I2N6O2S4+2. The molecule has 0 amide bonds. The van der Waals surface area contributed by atoms with Gasteiger partial charge in [-0.25, -0.2) is 0 Å². The standard InChI is InChI=1S/2C27H25IN3OS2/c2*1-3-29-16-8-7-9-21(29)17-24-30(4-2)26(32)25(34-24)27-31(18-19-12-14-20(28)15-13-19)22-10-5-6-11-23(22)33-27/h2*5-17H,3-4,18H2,1-2H3/q2*+1/b2*27-25+/i28-2;. The number of halogens is 2. The van der Waals surface area contributed by atoms with Crippen molar-refractivity contribution >= 4 is 125 Å². The second kappa shape index (κ2) is 21.9. The number of aryl methyl sites for hydroxylation is 2. The molecule has 68 heavy (non-hydrogen) atoms. The Kier molecular flexibility index (Phi) is 15.6. The maximum absolute atomic E-state index is 13.6. The Morgan fingerprint density at radius 1 is 0.544 bits per heavy atom. The zero-order chi connectivity index (χ0) is 47.3. The van der Waals surface area contributed by atoms with Gasteiger partial charge in [-0.1, -0.05) is 72.1 Å². The number of thiazole rings is 2. The summed E-state index contributed by atoms with van der Waals surface area (Å²) in [6.07, 6.45) is 8.43. The number of benzene rings is 4. The third-order valence-electron chi connectivity index (χ3n) is 11.7. The molecule has 4 aromatic heterocycles. The van der Waals surface area contributed by atoms with Crippen molar-refractivity contribution in [2.24, 2.45) is 0 Å². The van der Waals surface area contributed by atoms with Crippen LogP contribution in [0.3, 0.4) is 0 Å². The molecule has 8 nitrogen and oxygen atoms in total. The maximum Gasteiger partial charge on any atom is 0.271 e. The second-order valence-electron chi connectivity index (χ2n) is 15.9. The molecule has 0 saturated heterocycles. The Hall–Kier alpha value is -4.72. The van der Waals surface area contributed by atoms with Crippen LogP contribution in [0.4, 0.5) is 11.4 Å². The number of anilines is 2.